The maximum atomic E-state index is 13.1. The van der Waals surface area contributed by atoms with Crippen LogP contribution in [-0.2, 0) is 21.3 Å². The quantitative estimate of drug-likeness (QED) is 0.0440. The van der Waals surface area contributed by atoms with Gasteiger partial charge in [0.2, 0.25) is 0 Å². The first-order valence-electron chi connectivity index (χ1n) is 17.1. The van der Waals surface area contributed by atoms with Crippen molar-refractivity contribution in [2.75, 3.05) is 55.8 Å². The number of amides is 1. The number of nitro benzene ring substituents is 1. The van der Waals surface area contributed by atoms with E-state index in [2.05, 4.69) is 26.2 Å². The third-order valence-electron chi connectivity index (χ3n) is 8.88. The van der Waals surface area contributed by atoms with E-state index in [1.807, 2.05) is 53.3 Å². The van der Waals surface area contributed by atoms with E-state index in [-0.39, 0.29) is 11.3 Å². The second-order valence-corrected chi connectivity index (χ2v) is 15.2. The van der Waals surface area contributed by atoms with Gasteiger partial charge in [-0.25, -0.2) is 17.9 Å². The maximum absolute atomic E-state index is 13.1. The Labute approximate surface area is 317 Å². The number of carbonyl (C=O) groups is 2. The summed E-state index contributed by atoms with van der Waals surface area (Å²) in [5.41, 5.74) is 4.11. The Bertz CT molecular complexity index is 2230. The van der Waals surface area contributed by atoms with Crippen molar-refractivity contribution in [1.82, 2.24) is 14.6 Å². The average molecular weight is 767 g/mol. The summed E-state index contributed by atoms with van der Waals surface area (Å²) >= 11 is 1.58. The minimum Gasteiger partial charge on any atom is -0.465 e. The highest BCUT2D eigenvalue weighted by Gasteiger charge is 2.25. The Balaban J connectivity index is 1.03. The summed E-state index contributed by atoms with van der Waals surface area (Å²) in [5, 5.41) is 14.8. The molecule has 0 unspecified atom stereocenters. The van der Waals surface area contributed by atoms with Crippen LogP contribution in [0.1, 0.15) is 26.3 Å². The van der Waals surface area contributed by atoms with E-state index in [0.717, 1.165) is 59.5 Å². The number of sulfonamides is 1. The molecule has 13 nitrogen and oxygen atoms in total. The van der Waals surface area contributed by atoms with Gasteiger partial charge in [0, 0.05) is 85.2 Å². The molecule has 1 amide bonds. The molecule has 0 saturated carbocycles. The molecule has 1 aromatic heterocycles. The van der Waals surface area contributed by atoms with E-state index in [4.69, 9.17) is 4.74 Å². The predicted octanol–water partition coefficient (Wildman–Crippen LogP) is 6.09. The Morgan fingerprint density at radius 1 is 0.889 bits per heavy atom. The summed E-state index contributed by atoms with van der Waals surface area (Å²) in [6.07, 6.45) is 3.22. The SMILES string of the molecule is COC(=O)c1cncc(-c2ccccc2CN2CCN(c3ccc(C(=O)NS(=O)(=O)c4ccc(NCCSc5ccccc5)c([N+](=O)[O-])c4)cc3)CC2)c1. The van der Waals surface area contributed by atoms with Gasteiger partial charge < -0.3 is 15.0 Å². The number of piperazine rings is 1. The normalized spacial score (nSPS) is 13.2. The van der Waals surface area contributed by atoms with Crippen LogP contribution in [0.3, 0.4) is 0 Å². The van der Waals surface area contributed by atoms with Crippen molar-refractivity contribution in [1.29, 1.82) is 0 Å². The largest absolute Gasteiger partial charge is 0.465 e. The molecule has 15 heteroatoms. The lowest BCUT2D eigenvalue weighted by Gasteiger charge is -2.36. The van der Waals surface area contributed by atoms with Crippen LogP contribution in [0.15, 0.2) is 125 Å². The minimum atomic E-state index is -4.41. The summed E-state index contributed by atoms with van der Waals surface area (Å²) in [7, 11) is -3.07. The summed E-state index contributed by atoms with van der Waals surface area (Å²) in [6.45, 7) is 4.15. The average Bonchev–Trinajstić information content (AvgIpc) is 3.20. The van der Waals surface area contributed by atoms with Crippen LogP contribution in [0, 0.1) is 10.1 Å². The smallest absolute Gasteiger partial charge is 0.339 e. The van der Waals surface area contributed by atoms with Gasteiger partial charge in [-0.2, -0.15) is 0 Å². The third-order valence-corrected chi connectivity index (χ3v) is 11.2. The number of hydrogen-bond acceptors (Lipinski definition) is 12. The second kappa shape index (κ2) is 17.4. The maximum Gasteiger partial charge on any atom is 0.339 e. The van der Waals surface area contributed by atoms with E-state index < -0.39 is 37.4 Å². The molecule has 0 bridgehead atoms. The van der Waals surface area contributed by atoms with Gasteiger partial charge in [-0.05, 0) is 65.7 Å². The number of pyridine rings is 1. The molecule has 1 aliphatic rings. The second-order valence-electron chi connectivity index (χ2n) is 12.4. The number of nitrogens with zero attached hydrogens (tertiary/aromatic N) is 4. The lowest BCUT2D eigenvalue weighted by atomic mass is 9.99. The molecule has 1 fully saturated rings. The Hall–Kier alpha value is -5.77. The summed E-state index contributed by atoms with van der Waals surface area (Å²) in [6, 6.07) is 29.7. The fourth-order valence-corrected chi connectivity index (χ4v) is 7.86. The first-order chi connectivity index (χ1) is 26.1. The van der Waals surface area contributed by atoms with Crippen molar-refractivity contribution in [3.05, 3.63) is 142 Å². The topological polar surface area (TPSA) is 164 Å². The van der Waals surface area contributed by atoms with Crippen molar-refractivity contribution < 1.29 is 27.7 Å². The zero-order valence-corrected chi connectivity index (χ0v) is 31.0. The van der Waals surface area contributed by atoms with Crippen molar-refractivity contribution in [3.8, 4) is 11.1 Å². The van der Waals surface area contributed by atoms with Gasteiger partial charge in [-0.1, -0.05) is 42.5 Å². The molecule has 0 atom stereocenters. The van der Waals surface area contributed by atoms with Crippen LogP contribution >= 0.6 is 11.8 Å². The molecular weight excluding hydrogens is 729 g/mol. The number of esters is 1. The van der Waals surface area contributed by atoms with Gasteiger partial charge in [0.1, 0.15) is 5.69 Å². The summed E-state index contributed by atoms with van der Waals surface area (Å²) in [5.74, 6) is -0.651. The number of nitro groups is 1. The van der Waals surface area contributed by atoms with Crippen molar-refractivity contribution >= 4 is 50.7 Å². The van der Waals surface area contributed by atoms with E-state index in [9.17, 15) is 28.1 Å². The number of thioether (sulfide) groups is 1. The fourth-order valence-electron chi connectivity index (χ4n) is 6.08. The minimum absolute atomic E-state index is 0.132. The Morgan fingerprint density at radius 2 is 1.61 bits per heavy atom. The molecule has 4 aromatic carbocycles. The fraction of sp³-hybridized carbons (Fsp3) is 0.205. The van der Waals surface area contributed by atoms with Crippen LogP contribution in [0.25, 0.3) is 11.1 Å². The zero-order chi connectivity index (χ0) is 38.1. The molecule has 1 saturated heterocycles. The van der Waals surface area contributed by atoms with Crippen LogP contribution < -0.4 is 14.9 Å². The van der Waals surface area contributed by atoms with Crippen molar-refractivity contribution in [2.24, 2.45) is 0 Å². The number of ether oxygens (including phenoxy) is 1. The molecule has 1 aliphatic heterocycles. The molecule has 0 radical (unpaired) electrons. The number of nitrogens with one attached hydrogen (secondary N) is 2. The van der Waals surface area contributed by atoms with Gasteiger partial charge in [-0.3, -0.25) is 24.8 Å². The molecule has 54 heavy (non-hydrogen) atoms. The number of rotatable bonds is 14. The summed E-state index contributed by atoms with van der Waals surface area (Å²) < 4.78 is 33.2. The predicted molar refractivity (Wildman–Crippen MR) is 208 cm³/mol. The molecule has 2 N–H and O–H groups in total. The number of carbonyl (C=O) groups excluding carboxylic acids is 2. The van der Waals surface area contributed by atoms with Gasteiger partial charge in [0.05, 0.1) is 22.5 Å². The molecule has 6 rings (SSSR count). The van der Waals surface area contributed by atoms with Crippen molar-refractivity contribution in [3.63, 3.8) is 0 Å². The highest BCUT2D eigenvalue weighted by atomic mass is 32.2. The first kappa shape index (κ1) is 38.0. The molecule has 5 aromatic rings. The zero-order valence-electron chi connectivity index (χ0n) is 29.4. The van der Waals surface area contributed by atoms with Crippen LogP contribution in [-0.4, -0.2) is 80.7 Å². The highest BCUT2D eigenvalue weighted by molar-refractivity contribution is 7.99. The number of aromatic nitrogens is 1. The Morgan fingerprint density at radius 3 is 2.33 bits per heavy atom. The number of anilines is 2. The van der Waals surface area contributed by atoms with E-state index in [0.29, 0.717) is 24.4 Å². The molecule has 0 spiro atoms. The molecule has 2 heterocycles. The monoisotopic (exact) mass is 766 g/mol. The van der Waals surface area contributed by atoms with Gasteiger partial charge in [0.15, 0.2) is 0 Å². The highest BCUT2D eigenvalue weighted by Crippen LogP contribution is 2.29. The third kappa shape index (κ3) is 9.41. The standard InChI is InChI=1S/C39H38N6O7S2/c1-52-39(47)31-23-30(25-40-26-31)35-10-6-5-7-29(35)27-43-18-20-44(21-19-43)32-13-11-28(12-14-32)38(46)42-54(50,51)34-15-16-36(37(24-34)45(48)49)41-17-22-53-33-8-3-2-4-9-33/h2-16,23-26,41H,17-22,27H2,1H3,(H,42,46). The van der Waals surface area contributed by atoms with Crippen LogP contribution in [0.4, 0.5) is 17.1 Å². The lowest BCUT2D eigenvalue weighted by Crippen LogP contribution is -2.46. The number of hydrogen-bond donors (Lipinski definition) is 2. The molecule has 0 aliphatic carbocycles. The number of methoxy groups -OCH3 is 1. The van der Waals surface area contributed by atoms with E-state index in [1.165, 1.54) is 25.4 Å². The summed E-state index contributed by atoms with van der Waals surface area (Å²) in [4.78, 5) is 45.7. The van der Waals surface area contributed by atoms with Gasteiger partial charge >= 0.3 is 5.97 Å². The van der Waals surface area contributed by atoms with Crippen molar-refractivity contribution in [2.45, 2.75) is 16.3 Å². The van der Waals surface area contributed by atoms with Gasteiger partial charge in [0.25, 0.3) is 21.6 Å². The number of benzene rings is 4. The van der Waals surface area contributed by atoms with Crippen LogP contribution in [0.2, 0.25) is 0 Å². The Kier molecular flexibility index (Phi) is 12.2. The molecular formula is C39H38N6O7S2. The molecule has 278 valence electrons. The van der Waals surface area contributed by atoms with E-state index in [1.54, 1.807) is 48.3 Å². The lowest BCUT2D eigenvalue weighted by molar-refractivity contribution is -0.384. The van der Waals surface area contributed by atoms with Gasteiger partial charge in [-0.15, -0.1) is 11.8 Å². The van der Waals surface area contributed by atoms with E-state index >= 15 is 0 Å². The first-order valence-corrected chi connectivity index (χ1v) is 19.5. The van der Waals surface area contributed by atoms with Crippen LogP contribution in [0.5, 0.6) is 0 Å².